The normalized spacial score (nSPS) is 11.3. The average molecular weight is 451 g/mol. The van der Waals surface area contributed by atoms with Gasteiger partial charge in [-0.1, -0.05) is 54.6 Å². The smallest absolute Gasteiger partial charge is 0.244 e. The van der Waals surface area contributed by atoms with E-state index in [1.165, 1.54) is 6.08 Å². The van der Waals surface area contributed by atoms with Crippen LogP contribution in [0.5, 0.6) is 5.75 Å². The molecule has 0 heterocycles. The summed E-state index contributed by atoms with van der Waals surface area (Å²) in [6.07, 6.45) is 4.95. The number of benzene rings is 3. The quantitative estimate of drug-likeness (QED) is 0.457. The van der Waals surface area contributed by atoms with Crippen molar-refractivity contribution in [1.82, 2.24) is 5.32 Å². The fourth-order valence-corrected chi connectivity index (χ4v) is 3.49. The highest BCUT2D eigenvalue weighted by Gasteiger charge is 2.02. The number of hydrogen-bond donors (Lipinski definition) is 2. The molecule has 0 aromatic heterocycles. The summed E-state index contributed by atoms with van der Waals surface area (Å²) in [7, 11) is -3.31. The molecule has 32 heavy (non-hydrogen) atoms. The van der Waals surface area contributed by atoms with Gasteiger partial charge in [0.1, 0.15) is 12.4 Å². The molecule has 0 atom stereocenters. The molecule has 0 saturated carbocycles. The van der Waals surface area contributed by atoms with E-state index in [9.17, 15) is 13.2 Å². The van der Waals surface area contributed by atoms with Crippen molar-refractivity contribution >= 4 is 27.7 Å². The first-order valence-corrected chi connectivity index (χ1v) is 12.1. The van der Waals surface area contributed by atoms with Crippen LogP contribution in [-0.2, 0) is 27.8 Å². The van der Waals surface area contributed by atoms with Gasteiger partial charge >= 0.3 is 0 Å². The minimum absolute atomic E-state index is 0.189. The standard InChI is InChI=1S/C25H26N2O4S/c1-32(29,30)27-23-12-7-20(8-13-23)11-16-25(28)26-18-17-21-9-14-24(15-10-21)31-19-22-5-3-2-4-6-22/h2-16,27H,17-19H2,1H3,(H,26,28). The molecular formula is C25H26N2O4S. The van der Waals surface area contributed by atoms with Crippen LogP contribution in [0.15, 0.2) is 84.9 Å². The topological polar surface area (TPSA) is 84.5 Å². The predicted molar refractivity (Wildman–Crippen MR) is 128 cm³/mol. The molecule has 0 unspecified atom stereocenters. The van der Waals surface area contributed by atoms with Crippen molar-refractivity contribution in [2.24, 2.45) is 0 Å². The Morgan fingerprint density at radius 3 is 2.25 bits per heavy atom. The second kappa shape index (κ2) is 11.2. The lowest BCUT2D eigenvalue weighted by Crippen LogP contribution is -2.23. The maximum Gasteiger partial charge on any atom is 0.244 e. The minimum atomic E-state index is -3.31. The van der Waals surface area contributed by atoms with Gasteiger partial charge in [0.15, 0.2) is 0 Å². The lowest BCUT2D eigenvalue weighted by Gasteiger charge is -2.08. The van der Waals surface area contributed by atoms with Crippen molar-refractivity contribution in [2.75, 3.05) is 17.5 Å². The SMILES string of the molecule is CS(=O)(=O)Nc1ccc(C=CC(=O)NCCc2ccc(OCc3ccccc3)cc2)cc1. The molecule has 3 aromatic rings. The lowest BCUT2D eigenvalue weighted by atomic mass is 10.1. The molecule has 0 aliphatic carbocycles. The first-order chi connectivity index (χ1) is 15.4. The number of hydrogen-bond acceptors (Lipinski definition) is 4. The highest BCUT2D eigenvalue weighted by molar-refractivity contribution is 7.92. The Hall–Kier alpha value is -3.58. The molecule has 0 aliphatic heterocycles. The fraction of sp³-hybridized carbons (Fsp3) is 0.160. The molecule has 2 N–H and O–H groups in total. The van der Waals surface area contributed by atoms with Gasteiger partial charge in [-0.25, -0.2) is 8.42 Å². The van der Waals surface area contributed by atoms with Crippen molar-refractivity contribution in [2.45, 2.75) is 13.0 Å². The molecule has 0 fully saturated rings. The van der Waals surface area contributed by atoms with E-state index in [0.717, 1.165) is 28.7 Å². The van der Waals surface area contributed by atoms with Gasteiger partial charge in [-0.2, -0.15) is 0 Å². The predicted octanol–water partition coefficient (Wildman–Crippen LogP) is 4.01. The van der Waals surface area contributed by atoms with Crippen LogP contribution < -0.4 is 14.8 Å². The summed E-state index contributed by atoms with van der Waals surface area (Å²) in [5, 5.41) is 2.86. The Morgan fingerprint density at radius 1 is 0.906 bits per heavy atom. The van der Waals surface area contributed by atoms with Crippen molar-refractivity contribution in [3.63, 3.8) is 0 Å². The third-order valence-electron chi connectivity index (χ3n) is 4.53. The third-order valence-corrected chi connectivity index (χ3v) is 5.13. The lowest BCUT2D eigenvalue weighted by molar-refractivity contribution is -0.116. The molecule has 3 aromatic carbocycles. The monoisotopic (exact) mass is 450 g/mol. The summed E-state index contributed by atoms with van der Waals surface area (Å²) in [5.74, 6) is 0.619. The van der Waals surface area contributed by atoms with Crippen molar-refractivity contribution < 1.29 is 17.9 Å². The summed E-state index contributed by atoms with van der Waals surface area (Å²) in [6, 6.07) is 24.6. The van der Waals surface area contributed by atoms with Crippen LogP contribution in [0.1, 0.15) is 16.7 Å². The summed E-state index contributed by atoms with van der Waals surface area (Å²) in [5.41, 5.74) is 3.50. The number of carbonyl (C=O) groups is 1. The number of sulfonamides is 1. The van der Waals surface area contributed by atoms with E-state index in [0.29, 0.717) is 25.3 Å². The summed E-state index contributed by atoms with van der Waals surface area (Å²) in [6.45, 7) is 1.05. The number of ether oxygens (including phenoxy) is 1. The van der Waals surface area contributed by atoms with Crippen molar-refractivity contribution in [3.8, 4) is 5.75 Å². The fourth-order valence-electron chi connectivity index (χ4n) is 2.93. The maximum absolute atomic E-state index is 12.0. The van der Waals surface area contributed by atoms with Crippen LogP contribution in [0.3, 0.4) is 0 Å². The molecule has 3 rings (SSSR count). The van der Waals surface area contributed by atoms with Crippen LogP contribution in [0.25, 0.3) is 6.08 Å². The Morgan fingerprint density at radius 2 is 1.59 bits per heavy atom. The highest BCUT2D eigenvalue weighted by Crippen LogP contribution is 2.15. The zero-order valence-electron chi connectivity index (χ0n) is 17.8. The second-order valence-corrected chi connectivity index (χ2v) is 9.04. The molecule has 0 aliphatic rings. The molecule has 6 nitrogen and oxygen atoms in total. The molecule has 0 radical (unpaired) electrons. The van der Waals surface area contributed by atoms with Crippen LogP contribution in [-0.4, -0.2) is 27.1 Å². The number of amides is 1. The van der Waals surface area contributed by atoms with E-state index in [2.05, 4.69) is 10.0 Å². The molecule has 0 saturated heterocycles. The van der Waals surface area contributed by atoms with E-state index in [4.69, 9.17) is 4.74 Å². The van der Waals surface area contributed by atoms with Gasteiger partial charge in [-0.3, -0.25) is 9.52 Å². The van der Waals surface area contributed by atoms with Crippen LogP contribution in [0, 0.1) is 0 Å². The highest BCUT2D eigenvalue weighted by atomic mass is 32.2. The third kappa shape index (κ3) is 8.28. The molecule has 166 valence electrons. The van der Waals surface area contributed by atoms with Gasteiger partial charge in [0.05, 0.1) is 6.26 Å². The first kappa shape index (κ1) is 23.1. The van der Waals surface area contributed by atoms with Crippen LogP contribution in [0.4, 0.5) is 5.69 Å². The number of nitrogens with one attached hydrogen (secondary N) is 2. The Kier molecular flexibility index (Phi) is 8.05. The minimum Gasteiger partial charge on any atom is -0.489 e. The Bertz CT molecular complexity index is 1140. The number of carbonyl (C=O) groups excluding carboxylic acids is 1. The van der Waals surface area contributed by atoms with E-state index in [1.807, 2.05) is 54.6 Å². The van der Waals surface area contributed by atoms with Crippen molar-refractivity contribution in [3.05, 3.63) is 102 Å². The Balaban J connectivity index is 1.39. The Labute approximate surface area is 189 Å². The summed E-state index contributed by atoms with van der Waals surface area (Å²) >= 11 is 0. The summed E-state index contributed by atoms with van der Waals surface area (Å²) in [4.78, 5) is 12.0. The van der Waals surface area contributed by atoms with E-state index >= 15 is 0 Å². The van der Waals surface area contributed by atoms with Crippen LogP contribution in [0.2, 0.25) is 0 Å². The van der Waals surface area contributed by atoms with Gasteiger partial charge in [-0.05, 0) is 53.5 Å². The molecule has 0 spiro atoms. The van der Waals surface area contributed by atoms with E-state index in [1.54, 1.807) is 30.3 Å². The van der Waals surface area contributed by atoms with Gasteiger partial charge in [0, 0.05) is 18.3 Å². The van der Waals surface area contributed by atoms with Gasteiger partial charge in [0.2, 0.25) is 15.9 Å². The molecular weight excluding hydrogens is 424 g/mol. The van der Waals surface area contributed by atoms with Gasteiger partial charge in [-0.15, -0.1) is 0 Å². The second-order valence-electron chi connectivity index (χ2n) is 7.29. The van der Waals surface area contributed by atoms with Crippen molar-refractivity contribution in [1.29, 1.82) is 0 Å². The van der Waals surface area contributed by atoms with Gasteiger partial charge < -0.3 is 10.1 Å². The van der Waals surface area contributed by atoms with E-state index in [-0.39, 0.29) is 5.91 Å². The zero-order chi connectivity index (χ0) is 22.8. The number of anilines is 1. The zero-order valence-corrected chi connectivity index (χ0v) is 18.6. The number of rotatable bonds is 10. The largest absolute Gasteiger partial charge is 0.489 e. The first-order valence-electron chi connectivity index (χ1n) is 10.2. The molecule has 7 heteroatoms. The maximum atomic E-state index is 12.0. The molecule has 1 amide bonds. The van der Waals surface area contributed by atoms with E-state index < -0.39 is 10.0 Å². The average Bonchev–Trinajstić information content (AvgIpc) is 2.78. The van der Waals surface area contributed by atoms with Gasteiger partial charge in [0.25, 0.3) is 0 Å². The summed E-state index contributed by atoms with van der Waals surface area (Å²) < 4.78 is 30.6. The molecule has 0 bridgehead atoms. The van der Waals surface area contributed by atoms with Crippen LogP contribution >= 0.6 is 0 Å².